The van der Waals surface area contributed by atoms with Crippen molar-refractivity contribution in [2.45, 2.75) is 58.9 Å². The molecule has 0 radical (unpaired) electrons. The highest BCUT2D eigenvalue weighted by molar-refractivity contribution is 5.83. The van der Waals surface area contributed by atoms with Crippen LogP contribution in [0, 0.1) is 17.3 Å². The summed E-state index contributed by atoms with van der Waals surface area (Å²) in [5.41, 5.74) is -0.0364. The number of piperidine rings is 1. The summed E-state index contributed by atoms with van der Waals surface area (Å²) in [5.74, 6) is 1.53. The van der Waals surface area contributed by atoms with E-state index < -0.39 is 0 Å². The van der Waals surface area contributed by atoms with Crippen molar-refractivity contribution >= 4 is 5.91 Å². The number of rotatable bonds is 4. The first-order chi connectivity index (χ1) is 8.53. The van der Waals surface area contributed by atoms with E-state index in [1.807, 2.05) is 0 Å². The Morgan fingerprint density at radius 1 is 1.44 bits per heavy atom. The Bertz CT molecular complexity index is 297. The first-order valence-electron chi connectivity index (χ1n) is 7.55. The summed E-state index contributed by atoms with van der Waals surface area (Å²) in [4.78, 5) is 12.6. The second-order valence-corrected chi connectivity index (χ2v) is 6.78. The lowest BCUT2D eigenvalue weighted by atomic mass is 9.64. The van der Waals surface area contributed by atoms with E-state index in [1.165, 1.54) is 12.8 Å². The highest BCUT2D eigenvalue weighted by Crippen LogP contribution is 2.46. The maximum atomic E-state index is 12.6. The molecule has 3 nitrogen and oxygen atoms in total. The van der Waals surface area contributed by atoms with Gasteiger partial charge in [-0.3, -0.25) is 4.79 Å². The Balaban J connectivity index is 1.93. The maximum absolute atomic E-state index is 12.6. The molecule has 2 aliphatic rings. The second kappa shape index (κ2) is 5.60. The first-order valence-corrected chi connectivity index (χ1v) is 7.55. The molecule has 2 atom stereocenters. The summed E-state index contributed by atoms with van der Waals surface area (Å²) in [6.07, 6.45) is 5.62. The predicted octanol–water partition coefficient (Wildman–Crippen LogP) is 2.32. The number of nitrogens with one attached hydrogen (secondary N) is 2. The molecule has 2 rings (SSSR count). The summed E-state index contributed by atoms with van der Waals surface area (Å²) in [7, 11) is 0. The number of hydrogen-bond acceptors (Lipinski definition) is 2. The van der Waals surface area contributed by atoms with E-state index in [2.05, 4.69) is 31.4 Å². The van der Waals surface area contributed by atoms with Crippen molar-refractivity contribution in [2.75, 3.05) is 13.1 Å². The Labute approximate surface area is 111 Å². The molecule has 0 bridgehead atoms. The summed E-state index contributed by atoms with van der Waals surface area (Å²) >= 11 is 0. The van der Waals surface area contributed by atoms with E-state index in [4.69, 9.17) is 0 Å². The Kier molecular flexibility index (Phi) is 4.31. The van der Waals surface area contributed by atoms with Crippen LogP contribution in [0.3, 0.4) is 0 Å². The van der Waals surface area contributed by atoms with Crippen LogP contribution in [0.1, 0.15) is 52.9 Å². The topological polar surface area (TPSA) is 41.1 Å². The zero-order chi connectivity index (χ0) is 13.2. The van der Waals surface area contributed by atoms with Gasteiger partial charge in [0, 0.05) is 18.0 Å². The fourth-order valence-electron chi connectivity index (χ4n) is 3.41. The Morgan fingerprint density at radius 2 is 2.17 bits per heavy atom. The van der Waals surface area contributed by atoms with E-state index in [-0.39, 0.29) is 5.41 Å². The zero-order valence-corrected chi connectivity index (χ0v) is 12.1. The highest BCUT2D eigenvalue weighted by atomic mass is 16.2. The van der Waals surface area contributed by atoms with Crippen molar-refractivity contribution in [3.63, 3.8) is 0 Å². The van der Waals surface area contributed by atoms with Gasteiger partial charge in [0.2, 0.25) is 5.91 Å². The third-order valence-electron chi connectivity index (χ3n) is 4.74. The van der Waals surface area contributed by atoms with E-state index in [9.17, 15) is 4.79 Å². The third-order valence-corrected chi connectivity index (χ3v) is 4.74. The Morgan fingerprint density at radius 3 is 2.67 bits per heavy atom. The normalized spacial score (nSPS) is 30.9. The standard InChI is InChI=1S/C15H28N2O/c1-11(2)9-15(6-4-7-15)14(18)17-13-10-16-8-5-12(13)3/h11-13,16H,4-10H2,1-3H3,(H,17,18). The molecule has 0 spiro atoms. The van der Waals surface area contributed by atoms with E-state index in [0.29, 0.717) is 23.8 Å². The van der Waals surface area contributed by atoms with Gasteiger partial charge in [-0.1, -0.05) is 27.2 Å². The molecule has 1 aliphatic carbocycles. The van der Waals surface area contributed by atoms with Crippen molar-refractivity contribution < 1.29 is 4.79 Å². The predicted molar refractivity (Wildman–Crippen MR) is 74.3 cm³/mol. The smallest absolute Gasteiger partial charge is 0.226 e. The number of carbonyl (C=O) groups excluding carboxylic acids is 1. The molecular weight excluding hydrogens is 224 g/mol. The third kappa shape index (κ3) is 2.87. The molecule has 3 heteroatoms. The fraction of sp³-hybridized carbons (Fsp3) is 0.933. The van der Waals surface area contributed by atoms with Crippen molar-refractivity contribution in [1.29, 1.82) is 0 Å². The van der Waals surface area contributed by atoms with Crippen LogP contribution in [0.5, 0.6) is 0 Å². The number of amides is 1. The van der Waals surface area contributed by atoms with E-state index in [0.717, 1.165) is 32.4 Å². The average molecular weight is 252 g/mol. The van der Waals surface area contributed by atoms with Gasteiger partial charge in [-0.2, -0.15) is 0 Å². The van der Waals surface area contributed by atoms with Gasteiger partial charge in [-0.15, -0.1) is 0 Å². The SMILES string of the molecule is CC(C)CC1(C(=O)NC2CNCCC2C)CCC1. The average Bonchev–Trinajstić information content (AvgIpc) is 2.26. The molecule has 2 unspecified atom stereocenters. The van der Waals surface area contributed by atoms with Crippen LogP contribution in [0.15, 0.2) is 0 Å². The second-order valence-electron chi connectivity index (χ2n) is 6.78. The van der Waals surface area contributed by atoms with Gasteiger partial charge in [-0.25, -0.2) is 0 Å². The van der Waals surface area contributed by atoms with Crippen LogP contribution in [-0.4, -0.2) is 25.0 Å². The lowest BCUT2D eigenvalue weighted by Gasteiger charge is -2.43. The molecule has 104 valence electrons. The summed E-state index contributed by atoms with van der Waals surface area (Å²) in [5, 5.41) is 6.70. The van der Waals surface area contributed by atoms with Gasteiger partial charge < -0.3 is 10.6 Å². The summed E-state index contributed by atoms with van der Waals surface area (Å²) in [6.45, 7) is 8.72. The van der Waals surface area contributed by atoms with Gasteiger partial charge in [0.05, 0.1) is 0 Å². The van der Waals surface area contributed by atoms with Gasteiger partial charge in [0.15, 0.2) is 0 Å². The molecule has 18 heavy (non-hydrogen) atoms. The van der Waals surface area contributed by atoms with Gasteiger partial charge in [0.25, 0.3) is 0 Å². The fourth-order valence-corrected chi connectivity index (χ4v) is 3.41. The van der Waals surface area contributed by atoms with Crippen LogP contribution in [0.4, 0.5) is 0 Å². The van der Waals surface area contributed by atoms with Crippen LogP contribution in [-0.2, 0) is 4.79 Å². The Hall–Kier alpha value is -0.570. The summed E-state index contributed by atoms with van der Waals surface area (Å²) < 4.78 is 0. The van der Waals surface area contributed by atoms with E-state index >= 15 is 0 Å². The minimum Gasteiger partial charge on any atom is -0.351 e. The number of carbonyl (C=O) groups is 1. The van der Waals surface area contributed by atoms with Gasteiger partial charge in [0.1, 0.15) is 0 Å². The van der Waals surface area contributed by atoms with Crippen molar-refractivity contribution in [2.24, 2.45) is 17.3 Å². The van der Waals surface area contributed by atoms with Crippen LogP contribution >= 0.6 is 0 Å². The molecule has 1 heterocycles. The minimum absolute atomic E-state index is 0.0364. The minimum atomic E-state index is -0.0364. The molecular formula is C15H28N2O. The maximum Gasteiger partial charge on any atom is 0.226 e. The van der Waals surface area contributed by atoms with Crippen LogP contribution in [0.2, 0.25) is 0 Å². The van der Waals surface area contributed by atoms with Gasteiger partial charge in [-0.05, 0) is 44.1 Å². The highest BCUT2D eigenvalue weighted by Gasteiger charge is 2.45. The van der Waals surface area contributed by atoms with Crippen molar-refractivity contribution in [3.8, 4) is 0 Å². The number of hydrogen-bond donors (Lipinski definition) is 2. The largest absolute Gasteiger partial charge is 0.351 e. The zero-order valence-electron chi connectivity index (χ0n) is 12.1. The lowest BCUT2D eigenvalue weighted by Crippen LogP contribution is -2.55. The molecule has 1 aliphatic heterocycles. The van der Waals surface area contributed by atoms with Crippen molar-refractivity contribution in [1.82, 2.24) is 10.6 Å². The molecule has 0 aromatic heterocycles. The summed E-state index contributed by atoms with van der Waals surface area (Å²) in [6, 6.07) is 0.330. The molecule has 1 amide bonds. The van der Waals surface area contributed by atoms with E-state index in [1.54, 1.807) is 0 Å². The van der Waals surface area contributed by atoms with Crippen LogP contribution in [0.25, 0.3) is 0 Å². The van der Waals surface area contributed by atoms with Crippen molar-refractivity contribution in [3.05, 3.63) is 0 Å². The molecule has 2 N–H and O–H groups in total. The molecule has 0 aromatic carbocycles. The first kappa shape index (κ1) is 13.9. The molecule has 1 saturated heterocycles. The lowest BCUT2D eigenvalue weighted by molar-refractivity contribution is -0.138. The molecule has 0 aromatic rings. The monoisotopic (exact) mass is 252 g/mol. The molecule has 1 saturated carbocycles. The quantitative estimate of drug-likeness (QED) is 0.806. The molecule has 2 fully saturated rings. The van der Waals surface area contributed by atoms with Crippen LogP contribution < -0.4 is 10.6 Å². The van der Waals surface area contributed by atoms with Gasteiger partial charge >= 0.3 is 0 Å².